The molecule has 7 aromatic rings. The van der Waals surface area contributed by atoms with Crippen LogP contribution in [0.15, 0.2) is 204 Å². The van der Waals surface area contributed by atoms with E-state index in [0.29, 0.717) is 22.3 Å². The molecule has 0 saturated carbocycles. The molecule has 0 spiro atoms. The van der Waals surface area contributed by atoms with E-state index in [9.17, 15) is 9.59 Å². The highest BCUT2D eigenvalue weighted by atomic mass is 32.2. The second-order valence-electron chi connectivity index (χ2n) is 11.5. The number of ketones is 2. The second kappa shape index (κ2) is 13.9. The smallest absolute Gasteiger partial charge is 0.194 e. The fourth-order valence-electron chi connectivity index (χ4n) is 6.44. The summed E-state index contributed by atoms with van der Waals surface area (Å²) in [6, 6.07) is 64.1. The van der Waals surface area contributed by atoms with Crippen LogP contribution in [0.4, 0.5) is 0 Å². The first kappa shape index (κ1) is 30.9. The molecule has 7 rings (SSSR count). The SMILES string of the molecule is O=C(c1ccccc1)c1ccccc1Sc1cc(C(c2ccccc2)(c2ccccc2)c2ccccc2)ccc1C(=O)c1ccccc1. The molecular formula is C45H32O2S. The van der Waals surface area contributed by atoms with Gasteiger partial charge in [-0.3, -0.25) is 9.59 Å². The van der Waals surface area contributed by atoms with Gasteiger partial charge in [0, 0.05) is 32.0 Å². The molecule has 0 aromatic heterocycles. The van der Waals surface area contributed by atoms with Crippen LogP contribution in [0.1, 0.15) is 54.1 Å². The summed E-state index contributed by atoms with van der Waals surface area (Å²) in [4.78, 5) is 29.6. The highest BCUT2D eigenvalue weighted by molar-refractivity contribution is 7.99. The normalized spacial score (nSPS) is 11.2. The minimum atomic E-state index is -0.688. The number of hydrogen-bond donors (Lipinski definition) is 0. The Hall–Kier alpha value is -5.77. The van der Waals surface area contributed by atoms with E-state index in [4.69, 9.17) is 0 Å². The summed E-state index contributed by atoms with van der Waals surface area (Å²) < 4.78 is 0. The van der Waals surface area contributed by atoms with Crippen molar-refractivity contribution >= 4 is 23.3 Å². The molecule has 0 N–H and O–H groups in total. The van der Waals surface area contributed by atoms with E-state index < -0.39 is 5.41 Å². The largest absolute Gasteiger partial charge is 0.289 e. The van der Waals surface area contributed by atoms with Crippen LogP contribution in [0.25, 0.3) is 0 Å². The average Bonchev–Trinajstić information content (AvgIpc) is 3.17. The molecule has 0 saturated heterocycles. The Morgan fingerprint density at radius 3 is 1.19 bits per heavy atom. The van der Waals surface area contributed by atoms with Crippen LogP contribution in [-0.4, -0.2) is 11.6 Å². The van der Waals surface area contributed by atoms with Gasteiger partial charge in [0.05, 0.1) is 5.41 Å². The highest BCUT2D eigenvalue weighted by Crippen LogP contribution is 2.47. The highest BCUT2D eigenvalue weighted by Gasteiger charge is 2.39. The summed E-state index contributed by atoms with van der Waals surface area (Å²) in [6.07, 6.45) is 0. The molecule has 48 heavy (non-hydrogen) atoms. The van der Waals surface area contributed by atoms with Gasteiger partial charge in [0.1, 0.15) is 0 Å². The van der Waals surface area contributed by atoms with Gasteiger partial charge in [0.25, 0.3) is 0 Å². The van der Waals surface area contributed by atoms with Gasteiger partial charge >= 0.3 is 0 Å². The molecule has 0 unspecified atom stereocenters. The van der Waals surface area contributed by atoms with Crippen molar-refractivity contribution in [2.45, 2.75) is 15.2 Å². The lowest BCUT2D eigenvalue weighted by Crippen LogP contribution is -2.31. The average molecular weight is 637 g/mol. The Morgan fingerprint density at radius 2 is 0.729 bits per heavy atom. The molecule has 230 valence electrons. The lowest BCUT2D eigenvalue weighted by Gasteiger charge is -2.37. The van der Waals surface area contributed by atoms with E-state index >= 15 is 0 Å². The topological polar surface area (TPSA) is 34.1 Å². The van der Waals surface area contributed by atoms with E-state index in [1.54, 1.807) is 0 Å². The van der Waals surface area contributed by atoms with Crippen LogP contribution in [0.2, 0.25) is 0 Å². The first-order valence-electron chi connectivity index (χ1n) is 15.9. The van der Waals surface area contributed by atoms with Crippen molar-refractivity contribution in [1.29, 1.82) is 0 Å². The fourth-order valence-corrected chi connectivity index (χ4v) is 7.55. The van der Waals surface area contributed by atoms with Crippen molar-refractivity contribution in [3.05, 3.63) is 239 Å². The molecule has 0 aliphatic carbocycles. The first-order chi connectivity index (χ1) is 23.7. The van der Waals surface area contributed by atoms with Crippen molar-refractivity contribution in [3.8, 4) is 0 Å². The second-order valence-corrected chi connectivity index (χ2v) is 12.6. The molecule has 0 amide bonds. The summed E-state index contributed by atoms with van der Waals surface area (Å²) in [5.41, 5.74) is 6.08. The summed E-state index contributed by atoms with van der Waals surface area (Å²) in [5, 5.41) is 0. The fraction of sp³-hybridized carbons (Fsp3) is 0.0222. The van der Waals surface area contributed by atoms with Crippen LogP contribution < -0.4 is 0 Å². The van der Waals surface area contributed by atoms with Gasteiger partial charge in [0.2, 0.25) is 0 Å². The number of carbonyl (C=O) groups is 2. The minimum Gasteiger partial charge on any atom is -0.289 e. The number of rotatable bonds is 10. The van der Waals surface area contributed by atoms with Crippen molar-refractivity contribution in [2.75, 3.05) is 0 Å². The van der Waals surface area contributed by atoms with Gasteiger partial charge in [0.15, 0.2) is 11.6 Å². The third-order valence-electron chi connectivity index (χ3n) is 8.70. The molecule has 3 heteroatoms. The molecule has 0 atom stereocenters. The first-order valence-corrected chi connectivity index (χ1v) is 16.8. The van der Waals surface area contributed by atoms with Crippen molar-refractivity contribution < 1.29 is 9.59 Å². The Balaban J connectivity index is 1.47. The Bertz CT molecular complexity index is 2070. The van der Waals surface area contributed by atoms with Gasteiger partial charge in [-0.25, -0.2) is 0 Å². The standard InChI is InChI=1S/C45H32O2S/c46-43(33-18-6-1-7-19-33)39-28-16-17-29-41(39)48-42-32-38(30-31-40(42)44(47)34-20-8-2-9-21-34)45(35-22-10-3-11-23-35,36-24-12-4-13-25-36)37-26-14-5-15-27-37/h1-32H. The maximum Gasteiger partial charge on any atom is 0.194 e. The maximum absolute atomic E-state index is 14.2. The molecule has 0 fully saturated rings. The minimum absolute atomic E-state index is 0.0574. The van der Waals surface area contributed by atoms with Gasteiger partial charge in [-0.2, -0.15) is 0 Å². The quantitative estimate of drug-likeness (QED) is 0.111. The third kappa shape index (κ3) is 5.92. The van der Waals surface area contributed by atoms with E-state index in [0.717, 1.165) is 32.0 Å². The van der Waals surface area contributed by atoms with Crippen LogP contribution in [0.5, 0.6) is 0 Å². The van der Waals surface area contributed by atoms with Crippen LogP contribution in [0.3, 0.4) is 0 Å². The molecule has 0 aliphatic rings. The predicted molar refractivity (Wildman–Crippen MR) is 195 cm³/mol. The van der Waals surface area contributed by atoms with Gasteiger partial charge in [-0.15, -0.1) is 0 Å². The Morgan fingerprint density at radius 1 is 0.354 bits per heavy atom. The molecular weight excluding hydrogens is 605 g/mol. The lowest BCUT2D eigenvalue weighted by molar-refractivity contribution is 0.102. The lowest BCUT2D eigenvalue weighted by atomic mass is 9.65. The van der Waals surface area contributed by atoms with Crippen molar-refractivity contribution in [3.63, 3.8) is 0 Å². The van der Waals surface area contributed by atoms with Gasteiger partial charge < -0.3 is 0 Å². The third-order valence-corrected chi connectivity index (χ3v) is 9.84. The van der Waals surface area contributed by atoms with Crippen molar-refractivity contribution in [2.24, 2.45) is 0 Å². The van der Waals surface area contributed by atoms with E-state index in [1.807, 2.05) is 109 Å². The molecule has 0 bridgehead atoms. The predicted octanol–water partition coefficient (Wildman–Crippen LogP) is 10.7. The van der Waals surface area contributed by atoms with E-state index in [1.165, 1.54) is 11.8 Å². The zero-order valence-corrected chi connectivity index (χ0v) is 27.0. The summed E-state index contributed by atoms with van der Waals surface area (Å²) >= 11 is 1.46. The molecule has 2 nitrogen and oxygen atoms in total. The summed E-state index contributed by atoms with van der Waals surface area (Å²) in [6.45, 7) is 0. The maximum atomic E-state index is 14.2. The van der Waals surface area contributed by atoms with Crippen molar-refractivity contribution in [1.82, 2.24) is 0 Å². The van der Waals surface area contributed by atoms with Crippen LogP contribution in [-0.2, 0) is 5.41 Å². The molecule has 7 aromatic carbocycles. The van der Waals surface area contributed by atoms with Crippen LogP contribution in [0, 0.1) is 0 Å². The van der Waals surface area contributed by atoms with E-state index in [-0.39, 0.29) is 11.6 Å². The summed E-state index contributed by atoms with van der Waals surface area (Å²) in [7, 11) is 0. The Labute approximate surface area is 285 Å². The monoisotopic (exact) mass is 636 g/mol. The number of hydrogen-bond acceptors (Lipinski definition) is 3. The molecule has 0 radical (unpaired) electrons. The number of benzene rings is 7. The van der Waals surface area contributed by atoms with Gasteiger partial charge in [-0.1, -0.05) is 182 Å². The van der Waals surface area contributed by atoms with Crippen LogP contribution >= 0.6 is 11.8 Å². The van der Waals surface area contributed by atoms with Gasteiger partial charge in [-0.05, 0) is 46.5 Å². The summed E-state index contributed by atoms with van der Waals surface area (Å²) in [5.74, 6) is -0.126. The Kier molecular flexibility index (Phi) is 8.95. The van der Waals surface area contributed by atoms with E-state index in [2.05, 4.69) is 84.9 Å². The number of carbonyl (C=O) groups excluding carboxylic acids is 2. The molecule has 0 aliphatic heterocycles. The zero-order valence-electron chi connectivity index (χ0n) is 26.2. The molecule has 0 heterocycles. The zero-order chi connectivity index (χ0) is 32.8.